The smallest absolute Gasteiger partial charge is 0.452 e. The molecule has 4 amide bonds. The van der Waals surface area contributed by atoms with Crippen LogP contribution in [0.25, 0.3) is 5.52 Å². The van der Waals surface area contributed by atoms with E-state index < -0.39 is 51.3 Å². The van der Waals surface area contributed by atoms with Crippen LogP contribution >= 0.6 is 0 Å². The molecule has 15 heteroatoms. The van der Waals surface area contributed by atoms with E-state index in [-0.39, 0.29) is 34.4 Å². The molecule has 0 spiro atoms. The highest BCUT2D eigenvalue weighted by Crippen LogP contribution is 2.33. The number of nitrogens with zero attached hydrogens (tertiary/aromatic N) is 5. The summed E-state index contributed by atoms with van der Waals surface area (Å²) in [4.78, 5) is 42.5. The molecule has 0 saturated carbocycles. The predicted octanol–water partition coefficient (Wildman–Crippen LogP) is 3.85. The number of anilines is 3. The third-order valence-corrected chi connectivity index (χ3v) is 9.33. The summed E-state index contributed by atoms with van der Waals surface area (Å²) in [7, 11) is -3.10. The third-order valence-electron chi connectivity index (χ3n) is 7.72. The Hall–Kier alpha value is -5.18. The molecule has 2 aliphatic heterocycles. The fourth-order valence-corrected chi connectivity index (χ4v) is 6.45. The van der Waals surface area contributed by atoms with E-state index in [4.69, 9.17) is 4.74 Å². The van der Waals surface area contributed by atoms with Gasteiger partial charge in [-0.25, -0.2) is 26.5 Å². The summed E-state index contributed by atoms with van der Waals surface area (Å²) in [6.07, 6.45) is 4.51. The first-order valence-corrected chi connectivity index (χ1v) is 16.2. The first kappa shape index (κ1) is 30.8. The number of hydrogen-bond donors (Lipinski definition) is 1. The molecule has 2 aromatic heterocycles. The number of rotatable bonds is 7. The number of urea groups is 1. The minimum absolute atomic E-state index is 0.0163. The van der Waals surface area contributed by atoms with Gasteiger partial charge in [0.25, 0.3) is 0 Å². The van der Waals surface area contributed by atoms with Crippen molar-refractivity contribution in [3.8, 4) is 11.5 Å². The van der Waals surface area contributed by atoms with Crippen LogP contribution in [-0.2, 0) is 19.4 Å². The van der Waals surface area contributed by atoms with Crippen molar-refractivity contribution in [2.24, 2.45) is 5.92 Å². The lowest BCUT2D eigenvalue weighted by molar-refractivity contribution is -0.459. The Morgan fingerprint density at radius 2 is 1.72 bits per heavy atom. The van der Waals surface area contributed by atoms with Gasteiger partial charge in [0.05, 0.1) is 41.8 Å². The Kier molecular flexibility index (Phi) is 8.02. The second kappa shape index (κ2) is 12.0. The summed E-state index contributed by atoms with van der Waals surface area (Å²) >= 11 is 0. The number of benzene rings is 2. The number of hydrogen-bond acceptors (Lipinski definition) is 8. The monoisotopic (exact) mass is 651 g/mol. The van der Waals surface area contributed by atoms with Crippen molar-refractivity contribution in [1.29, 1.82) is 0 Å². The lowest BCUT2D eigenvalue weighted by Crippen LogP contribution is -2.55. The van der Waals surface area contributed by atoms with Crippen LogP contribution in [0.1, 0.15) is 13.8 Å². The zero-order valence-electron chi connectivity index (χ0n) is 24.8. The SMILES string of the molecule is CC(C)[N+]1=CC(C(=O)Nc2ccc(Oc3cc(N4CCS(=O)(=O)CC4)cn4nccc34)c(F)c2)C(=O)N(c2ccc(F)cc2)C1=O. The fraction of sp³-hybridized carbons (Fsp3) is 0.258. The molecule has 2 aliphatic rings. The summed E-state index contributed by atoms with van der Waals surface area (Å²) in [5.74, 6) is -4.30. The Morgan fingerprint density at radius 1 is 1.00 bits per heavy atom. The lowest BCUT2D eigenvalue weighted by Gasteiger charge is -2.29. The standard InChI is InChI=1S/C31H28F2N6O6S/c1-19(2)37-18-24(30(41)39(31(37)42)22-6-3-20(32)4-7-22)29(40)35-21-5-8-27(25(33)15-21)45-28-16-23(17-38-26(28)9-10-34-38)36-11-13-46(43,44)14-12-36/h3-10,15-19,24H,11-14H2,1-2H3/p+1. The molecule has 6 rings (SSSR count). The molecule has 1 N–H and O–H groups in total. The molecule has 4 heterocycles. The number of imide groups is 1. The van der Waals surface area contributed by atoms with Gasteiger partial charge in [-0.15, -0.1) is 4.90 Å². The molecule has 46 heavy (non-hydrogen) atoms. The minimum Gasteiger partial charge on any atom is -0.452 e. The number of ether oxygens (including phenoxy) is 1. The van der Waals surface area contributed by atoms with Gasteiger partial charge < -0.3 is 15.0 Å². The summed E-state index contributed by atoms with van der Waals surface area (Å²) in [5, 5.41) is 6.78. The molecule has 238 valence electrons. The van der Waals surface area contributed by atoms with Gasteiger partial charge >= 0.3 is 11.9 Å². The fourth-order valence-electron chi connectivity index (χ4n) is 5.25. The summed E-state index contributed by atoms with van der Waals surface area (Å²) in [6, 6.07) is 10.8. The number of pyridine rings is 1. The molecule has 12 nitrogen and oxygen atoms in total. The van der Waals surface area contributed by atoms with Gasteiger partial charge in [-0.05, 0) is 56.3 Å². The summed E-state index contributed by atoms with van der Waals surface area (Å²) < 4.78 is 61.4. The first-order valence-electron chi connectivity index (χ1n) is 14.4. The van der Waals surface area contributed by atoms with Crippen molar-refractivity contribution in [3.05, 3.63) is 78.6 Å². The topological polar surface area (TPSA) is 133 Å². The normalized spacial score (nSPS) is 18.2. The van der Waals surface area contributed by atoms with Crippen molar-refractivity contribution < 1.29 is 40.9 Å². The van der Waals surface area contributed by atoms with Crippen LogP contribution in [-0.4, -0.2) is 77.3 Å². The molecular formula is C31H29F2N6O6S+. The van der Waals surface area contributed by atoms with Crippen LogP contribution in [0.3, 0.4) is 0 Å². The van der Waals surface area contributed by atoms with Gasteiger partial charge in [0.2, 0.25) is 5.91 Å². The zero-order chi connectivity index (χ0) is 32.7. The second-order valence-electron chi connectivity index (χ2n) is 11.2. The highest BCUT2D eigenvalue weighted by molar-refractivity contribution is 7.91. The van der Waals surface area contributed by atoms with Crippen LogP contribution in [0.2, 0.25) is 0 Å². The molecule has 4 aromatic rings. The van der Waals surface area contributed by atoms with E-state index in [1.165, 1.54) is 35.1 Å². The second-order valence-corrected chi connectivity index (χ2v) is 13.5. The van der Waals surface area contributed by atoms with E-state index in [9.17, 15) is 27.2 Å². The van der Waals surface area contributed by atoms with Crippen molar-refractivity contribution >= 4 is 56.5 Å². The maximum atomic E-state index is 15.4. The Bertz CT molecular complexity index is 2000. The number of sulfone groups is 1. The molecule has 2 aromatic carbocycles. The molecule has 1 saturated heterocycles. The van der Waals surface area contributed by atoms with E-state index in [0.29, 0.717) is 24.3 Å². The lowest BCUT2D eigenvalue weighted by atomic mass is 10.0. The summed E-state index contributed by atoms with van der Waals surface area (Å²) in [6.45, 7) is 4.01. The average molecular weight is 652 g/mol. The highest BCUT2D eigenvalue weighted by atomic mass is 32.2. The molecule has 1 fully saturated rings. The van der Waals surface area contributed by atoms with Crippen molar-refractivity contribution in [3.63, 3.8) is 0 Å². The van der Waals surface area contributed by atoms with Gasteiger partial charge in [0, 0.05) is 30.9 Å². The van der Waals surface area contributed by atoms with Gasteiger partial charge in [-0.3, -0.25) is 4.79 Å². The van der Waals surface area contributed by atoms with E-state index >= 15 is 4.39 Å². The van der Waals surface area contributed by atoms with Crippen LogP contribution in [0.15, 0.2) is 67.0 Å². The average Bonchev–Trinajstić information content (AvgIpc) is 3.48. The number of amides is 4. The van der Waals surface area contributed by atoms with Gasteiger partial charge in [0.15, 0.2) is 33.1 Å². The number of fused-ring (bicyclic) bond motifs is 1. The Morgan fingerprint density at radius 3 is 2.39 bits per heavy atom. The Balaban J connectivity index is 1.22. The van der Waals surface area contributed by atoms with E-state index in [2.05, 4.69) is 10.4 Å². The van der Waals surface area contributed by atoms with E-state index in [0.717, 1.165) is 23.1 Å². The number of carbonyl (C=O) groups is 3. The van der Waals surface area contributed by atoms with Crippen molar-refractivity contribution in [1.82, 2.24) is 9.61 Å². The van der Waals surface area contributed by atoms with E-state index in [1.807, 2.05) is 4.90 Å². The summed E-state index contributed by atoms with van der Waals surface area (Å²) in [5.41, 5.74) is 1.34. The van der Waals surface area contributed by atoms with Crippen LogP contribution < -0.4 is 19.9 Å². The number of carbonyl (C=O) groups excluding carboxylic acids is 3. The first-order chi connectivity index (χ1) is 21.9. The van der Waals surface area contributed by atoms with Crippen LogP contribution in [0, 0.1) is 17.6 Å². The quantitative estimate of drug-likeness (QED) is 0.235. The minimum atomic E-state index is -3.10. The molecule has 0 radical (unpaired) electrons. The largest absolute Gasteiger partial charge is 0.505 e. The molecule has 0 aliphatic carbocycles. The number of nitrogens with one attached hydrogen (secondary N) is 1. The number of halogens is 2. The molecule has 0 bridgehead atoms. The van der Waals surface area contributed by atoms with Crippen LogP contribution in [0.5, 0.6) is 11.5 Å². The highest BCUT2D eigenvalue weighted by Gasteiger charge is 2.48. The number of aromatic nitrogens is 2. The van der Waals surface area contributed by atoms with Gasteiger partial charge in [-0.1, -0.05) is 0 Å². The third kappa shape index (κ3) is 6.05. The van der Waals surface area contributed by atoms with Crippen LogP contribution in [0.4, 0.5) is 30.6 Å². The maximum absolute atomic E-state index is 15.4. The Labute approximate surface area is 262 Å². The van der Waals surface area contributed by atoms with Crippen molar-refractivity contribution in [2.45, 2.75) is 19.9 Å². The maximum Gasteiger partial charge on any atom is 0.505 e. The predicted molar refractivity (Wildman–Crippen MR) is 165 cm³/mol. The molecule has 1 unspecified atom stereocenters. The molecular weight excluding hydrogens is 622 g/mol. The van der Waals surface area contributed by atoms with Gasteiger partial charge in [0.1, 0.15) is 17.0 Å². The van der Waals surface area contributed by atoms with Crippen molar-refractivity contribution in [2.75, 3.05) is 39.7 Å². The zero-order valence-corrected chi connectivity index (χ0v) is 25.6. The molecule has 1 atom stereocenters. The van der Waals surface area contributed by atoms with E-state index in [1.54, 1.807) is 42.9 Å². The van der Waals surface area contributed by atoms with Gasteiger partial charge in [-0.2, -0.15) is 14.5 Å².